The van der Waals surface area contributed by atoms with E-state index in [1.807, 2.05) is 18.2 Å². The van der Waals surface area contributed by atoms with Gasteiger partial charge in [-0.05, 0) is 30.0 Å². The minimum Gasteiger partial charge on any atom is -0.495 e. The summed E-state index contributed by atoms with van der Waals surface area (Å²) >= 11 is 0. The van der Waals surface area contributed by atoms with Crippen LogP contribution in [0, 0.1) is 5.92 Å². The fourth-order valence-electron chi connectivity index (χ4n) is 1.79. The number of ether oxygens (including phenoxy) is 1. The van der Waals surface area contributed by atoms with Crippen LogP contribution in [0.15, 0.2) is 18.2 Å². The summed E-state index contributed by atoms with van der Waals surface area (Å²) in [6.45, 7) is 4.67. The van der Waals surface area contributed by atoms with Crippen LogP contribution in [0.2, 0.25) is 0 Å². The van der Waals surface area contributed by atoms with Crippen molar-refractivity contribution < 1.29 is 9.53 Å². The van der Waals surface area contributed by atoms with Gasteiger partial charge in [-0.25, -0.2) is 0 Å². The molecule has 0 radical (unpaired) electrons. The van der Waals surface area contributed by atoms with Gasteiger partial charge in [0.15, 0.2) is 0 Å². The third kappa shape index (κ3) is 4.37. The molecule has 100 valence electrons. The number of amides is 1. The Balaban J connectivity index is 2.88. The molecule has 0 aliphatic heterocycles. The number of benzene rings is 1. The predicted octanol–water partition coefficient (Wildman–Crippen LogP) is 2.18. The Morgan fingerprint density at radius 3 is 2.72 bits per heavy atom. The molecule has 1 amide bonds. The van der Waals surface area contributed by atoms with Crippen molar-refractivity contribution in [2.24, 2.45) is 11.7 Å². The van der Waals surface area contributed by atoms with Crippen molar-refractivity contribution >= 4 is 11.6 Å². The summed E-state index contributed by atoms with van der Waals surface area (Å²) in [5.74, 6) is 1.16. The van der Waals surface area contributed by atoms with Crippen molar-refractivity contribution in [3.8, 4) is 5.75 Å². The molecule has 3 N–H and O–H groups in total. The van der Waals surface area contributed by atoms with Crippen molar-refractivity contribution in [2.45, 2.75) is 26.7 Å². The van der Waals surface area contributed by atoms with E-state index < -0.39 is 0 Å². The molecule has 0 fully saturated rings. The van der Waals surface area contributed by atoms with Gasteiger partial charge < -0.3 is 15.8 Å². The lowest BCUT2D eigenvalue weighted by Gasteiger charge is -2.13. The topological polar surface area (TPSA) is 64.3 Å². The smallest absolute Gasteiger partial charge is 0.225 e. The van der Waals surface area contributed by atoms with Crippen LogP contribution in [-0.2, 0) is 11.2 Å². The van der Waals surface area contributed by atoms with Crippen molar-refractivity contribution in [1.29, 1.82) is 0 Å². The number of nitrogens with two attached hydrogens (primary N) is 1. The molecule has 1 aromatic carbocycles. The first kappa shape index (κ1) is 14.5. The molecular weight excluding hydrogens is 228 g/mol. The highest BCUT2D eigenvalue weighted by Gasteiger charge is 2.08. The number of methoxy groups -OCH3 is 1. The van der Waals surface area contributed by atoms with E-state index in [-0.39, 0.29) is 5.91 Å². The Morgan fingerprint density at radius 1 is 1.44 bits per heavy atom. The predicted molar refractivity (Wildman–Crippen MR) is 73.8 cm³/mol. The Morgan fingerprint density at radius 2 is 2.17 bits per heavy atom. The van der Waals surface area contributed by atoms with Crippen LogP contribution in [0.4, 0.5) is 5.69 Å². The quantitative estimate of drug-likeness (QED) is 0.813. The van der Waals surface area contributed by atoms with Gasteiger partial charge in [-0.3, -0.25) is 4.79 Å². The van der Waals surface area contributed by atoms with E-state index in [4.69, 9.17) is 10.5 Å². The number of carbonyl (C=O) groups excluding carboxylic acids is 1. The van der Waals surface area contributed by atoms with Crippen LogP contribution in [0.1, 0.15) is 25.8 Å². The normalized spacial score (nSPS) is 10.5. The van der Waals surface area contributed by atoms with E-state index >= 15 is 0 Å². The minimum absolute atomic E-state index is 0.0857. The van der Waals surface area contributed by atoms with Crippen LogP contribution < -0.4 is 15.8 Å². The van der Waals surface area contributed by atoms with Gasteiger partial charge in [-0.15, -0.1) is 0 Å². The first-order chi connectivity index (χ1) is 8.56. The van der Waals surface area contributed by atoms with Gasteiger partial charge >= 0.3 is 0 Å². The molecule has 18 heavy (non-hydrogen) atoms. The van der Waals surface area contributed by atoms with Gasteiger partial charge in [0, 0.05) is 13.0 Å². The van der Waals surface area contributed by atoms with Crippen LogP contribution in [-0.4, -0.2) is 19.6 Å². The zero-order chi connectivity index (χ0) is 13.5. The van der Waals surface area contributed by atoms with Crippen molar-refractivity contribution in [2.75, 3.05) is 19.0 Å². The van der Waals surface area contributed by atoms with Gasteiger partial charge in [0.2, 0.25) is 5.91 Å². The van der Waals surface area contributed by atoms with Crippen molar-refractivity contribution in [3.63, 3.8) is 0 Å². The van der Waals surface area contributed by atoms with E-state index in [9.17, 15) is 4.79 Å². The maximum Gasteiger partial charge on any atom is 0.225 e. The van der Waals surface area contributed by atoms with E-state index in [0.717, 1.165) is 6.42 Å². The molecule has 0 heterocycles. The van der Waals surface area contributed by atoms with E-state index in [0.29, 0.717) is 30.3 Å². The summed E-state index contributed by atoms with van der Waals surface area (Å²) < 4.78 is 5.24. The summed E-state index contributed by atoms with van der Waals surface area (Å²) in [6.07, 6.45) is 1.29. The molecule has 0 saturated carbocycles. The monoisotopic (exact) mass is 250 g/mol. The number of anilines is 1. The fraction of sp³-hybridized carbons (Fsp3) is 0.500. The Labute approximate surface area is 109 Å². The number of hydrogen-bond donors (Lipinski definition) is 2. The van der Waals surface area contributed by atoms with Gasteiger partial charge in [0.1, 0.15) is 5.75 Å². The van der Waals surface area contributed by atoms with Crippen molar-refractivity contribution in [1.82, 2.24) is 0 Å². The van der Waals surface area contributed by atoms with Crippen LogP contribution >= 0.6 is 0 Å². The molecule has 0 unspecified atom stereocenters. The fourth-order valence-corrected chi connectivity index (χ4v) is 1.79. The molecule has 1 aromatic rings. The number of nitrogens with one attached hydrogen (secondary N) is 1. The molecule has 0 bridgehead atoms. The molecular formula is C14H22N2O2. The maximum atomic E-state index is 11.6. The highest BCUT2D eigenvalue weighted by molar-refractivity contribution is 5.92. The lowest BCUT2D eigenvalue weighted by molar-refractivity contribution is -0.116. The van der Waals surface area contributed by atoms with E-state index in [2.05, 4.69) is 19.2 Å². The molecule has 0 saturated heterocycles. The highest BCUT2D eigenvalue weighted by atomic mass is 16.5. The van der Waals surface area contributed by atoms with Gasteiger partial charge in [-0.1, -0.05) is 19.9 Å². The summed E-state index contributed by atoms with van der Waals surface area (Å²) in [7, 11) is 1.59. The number of hydrogen-bond acceptors (Lipinski definition) is 3. The lowest BCUT2D eigenvalue weighted by atomic mass is 10.0. The summed E-state index contributed by atoms with van der Waals surface area (Å²) in [5, 5.41) is 2.83. The molecule has 0 aliphatic carbocycles. The molecule has 4 heteroatoms. The largest absolute Gasteiger partial charge is 0.495 e. The Kier molecular flexibility index (Phi) is 5.65. The standard InChI is InChI=1S/C14H22N2O2/c1-10(2)8-11-4-5-13(18-3)12(9-11)16-14(17)6-7-15/h4-5,9-10H,6-8,15H2,1-3H3,(H,16,17). The van der Waals surface area contributed by atoms with Crippen molar-refractivity contribution in [3.05, 3.63) is 23.8 Å². The Hall–Kier alpha value is -1.55. The van der Waals surface area contributed by atoms with Gasteiger partial charge in [-0.2, -0.15) is 0 Å². The van der Waals surface area contributed by atoms with E-state index in [1.54, 1.807) is 7.11 Å². The molecule has 0 spiro atoms. The second kappa shape index (κ2) is 7.01. The molecule has 1 rings (SSSR count). The molecule has 0 aliphatic rings. The second-order valence-electron chi connectivity index (χ2n) is 4.72. The molecule has 4 nitrogen and oxygen atoms in total. The third-order valence-electron chi connectivity index (χ3n) is 2.55. The van der Waals surface area contributed by atoms with Gasteiger partial charge in [0.05, 0.1) is 12.8 Å². The third-order valence-corrected chi connectivity index (χ3v) is 2.55. The summed E-state index contributed by atoms with van der Waals surface area (Å²) in [6, 6.07) is 5.88. The minimum atomic E-state index is -0.0857. The average molecular weight is 250 g/mol. The highest BCUT2D eigenvalue weighted by Crippen LogP contribution is 2.26. The SMILES string of the molecule is COc1ccc(CC(C)C)cc1NC(=O)CCN. The number of rotatable bonds is 6. The zero-order valence-electron chi connectivity index (χ0n) is 11.3. The van der Waals surface area contributed by atoms with Gasteiger partial charge in [0.25, 0.3) is 0 Å². The zero-order valence-corrected chi connectivity index (χ0v) is 11.3. The second-order valence-corrected chi connectivity index (χ2v) is 4.72. The summed E-state index contributed by atoms with van der Waals surface area (Å²) in [5.41, 5.74) is 7.26. The van der Waals surface area contributed by atoms with Crippen LogP contribution in [0.5, 0.6) is 5.75 Å². The van der Waals surface area contributed by atoms with Crippen LogP contribution in [0.3, 0.4) is 0 Å². The van der Waals surface area contributed by atoms with E-state index in [1.165, 1.54) is 5.56 Å². The molecule has 0 atom stereocenters. The first-order valence-corrected chi connectivity index (χ1v) is 6.23. The maximum absolute atomic E-state index is 11.6. The number of carbonyl (C=O) groups is 1. The lowest BCUT2D eigenvalue weighted by Crippen LogP contribution is -2.16. The Bertz CT molecular complexity index is 403. The molecule has 0 aromatic heterocycles. The first-order valence-electron chi connectivity index (χ1n) is 6.23. The van der Waals surface area contributed by atoms with Crippen LogP contribution in [0.25, 0.3) is 0 Å². The summed E-state index contributed by atoms with van der Waals surface area (Å²) in [4.78, 5) is 11.6. The average Bonchev–Trinajstić information content (AvgIpc) is 2.28.